The number of allylic oxidation sites excluding steroid dienone is 1. The van der Waals surface area contributed by atoms with Crippen molar-refractivity contribution in [3.63, 3.8) is 0 Å². The summed E-state index contributed by atoms with van der Waals surface area (Å²) >= 11 is 0. The Morgan fingerprint density at radius 3 is 2.73 bits per heavy atom. The first-order valence-electron chi connectivity index (χ1n) is 9.25. The zero-order chi connectivity index (χ0) is 22.1. The molecule has 1 saturated heterocycles. The molecule has 10 heteroatoms. The zero-order valence-corrected chi connectivity index (χ0v) is 16.5. The first-order chi connectivity index (χ1) is 14.1. The van der Waals surface area contributed by atoms with E-state index < -0.39 is 29.0 Å². The summed E-state index contributed by atoms with van der Waals surface area (Å²) in [7, 11) is 0. The molecule has 0 spiro atoms. The van der Waals surface area contributed by atoms with Crippen molar-refractivity contribution in [2.24, 2.45) is 0 Å². The molecule has 1 amide bonds. The third-order valence-electron chi connectivity index (χ3n) is 4.63. The Morgan fingerprint density at radius 1 is 1.37 bits per heavy atom. The highest BCUT2D eigenvalue weighted by molar-refractivity contribution is 5.95. The molecule has 0 aromatic carbocycles. The van der Waals surface area contributed by atoms with Gasteiger partial charge in [0.05, 0.1) is 11.3 Å². The maximum absolute atomic E-state index is 14.4. The van der Waals surface area contributed by atoms with E-state index in [0.717, 1.165) is 13.0 Å². The van der Waals surface area contributed by atoms with Crippen LogP contribution in [0, 0.1) is 5.82 Å². The molecule has 0 unspecified atom stereocenters. The van der Waals surface area contributed by atoms with Gasteiger partial charge >= 0.3 is 6.18 Å². The summed E-state index contributed by atoms with van der Waals surface area (Å²) < 4.78 is 54.9. The average molecular weight is 423 g/mol. The summed E-state index contributed by atoms with van der Waals surface area (Å²) in [4.78, 5) is 21.6. The molecular weight excluding hydrogens is 402 g/mol. The number of hydrogen-bond acceptors (Lipinski definition) is 5. The van der Waals surface area contributed by atoms with Gasteiger partial charge in [-0.3, -0.25) is 4.79 Å². The first-order valence-corrected chi connectivity index (χ1v) is 9.25. The topological polar surface area (TPSA) is 70.2 Å². The Hall–Kier alpha value is -3.01. The maximum Gasteiger partial charge on any atom is 0.416 e. The van der Waals surface area contributed by atoms with Crippen LogP contribution in [-0.2, 0) is 4.79 Å². The van der Waals surface area contributed by atoms with Crippen molar-refractivity contribution < 1.29 is 22.4 Å². The fraction of sp³-hybridized carbons (Fsp3) is 0.350. The van der Waals surface area contributed by atoms with E-state index >= 15 is 0 Å². The molecule has 0 radical (unpaired) electrons. The molecule has 1 fully saturated rings. The lowest BCUT2D eigenvalue weighted by molar-refractivity contribution is -0.114. The third-order valence-corrected chi connectivity index (χ3v) is 4.63. The molecule has 1 aliphatic heterocycles. The number of halogens is 4. The predicted octanol–water partition coefficient (Wildman–Crippen LogP) is 3.61. The second-order valence-corrected chi connectivity index (χ2v) is 7.07. The van der Waals surface area contributed by atoms with E-state index in [0.29, 0.717) is 25.5 Å². The largest absolute Gasteiger partial charge is 0.416 e. The summed E-state index contributed by atoms with van der Waals surface area (Å²) in [5.74, 6) is -1.23. The maximum atomic E-state index is 14.4. The van der Waals surface area contributed by atoms with Crippen LogP contribution in [-0.4, -0.2) is 47.7 Å². The molecule has 3 rings (SSSR count). The second-order valence-electron chi connectivity index (χ2n) is 7.07. The summed E-state index contributed by atoms with van der Waals surface area (Å²) in [5, 5.41) is 5.54. The molecule has 6 nitrogen and oxygen atoms in total. The molecule has 1 aliphatic rings. The predicted molar refractivity (Wildman–Crippen MR) is 106 cm³/mol. The SMILES string of the molecule is C=C(c1c(-c2cc(F)cc(N3CCN[C@@H](C)C3)n2)ccnc1NC(C)=O)C(F)(F)F. The molecular formula is C20H21F4N5O. The van der Waals surface area contributed by atoms with Crippen LogP contribution in [0.25, 0.3) is 16.8 Å². The lowest BCUT2D eigenvalue weighted by Crippen LogP contribution is -2.49. The second kappa shape index (κ2) is 8.39. The summed E-state index contributed by atoms with van der Waals surface area (Å²) in [6.07, 6.45) is -3.55. The van der Waals surface area contributed by atoms with Crippen LogP contribution in [0.2, 0.25) is 0 Å². The highest BCUT2D eigenvalue weighted by Crippen LogP contribution is 2.40. The normalized spacial score (nSPS) is 17.0. The van der Waals surface area contributed by atoms with Gasteiger partial charge < -0.3 is 15.5 Å². The van der Waals surface area contributed by atoms with Gasteiger partial charge in [0.1, 0.15) is 17.5 Å². The van der Waals surface area contributed by atoms with E-state index in [9.17, 15) is 22.4 Å². The molecule has 0 aliphatic carbocycles. The van der Waals surface area contributed by atoms with E-state index in [4.69, 9.17) is 0 Å². The highest BCUT2D eigenvalue weighted by atomic mass is 19.4. The highest BCUT2D eigenvalue weighted by Gasteiger charge is 2.36. The molecule has 2 aromatic rings. The van der Waals surface area contributed by atoms with Crippen LogP contribution in [0.15, 0.2) is 31.0 Å². The number of carbonyl (C=O) groups excluding carboxylic acids is 1. The minimum Gasteiger partial charge on any atom is -0.354 e. The van der Waals surface area contributed by atoms with Gasteiger partial charge in [0, 0.05) is 62.1 Å². The number of piperazine rings is 1. The Labute approximate surface area is 171 Å². The minimum absolute atomic E-state index is 0.00872. The first kappa shape index (κ1) is 21.7. The molecule has 30 heavy (non-hydrogen) atoms. The van der Waals surface area contributed by atoms with Crippen LogP contribution in [0.4, 0.5) is 29.2 Å². The van der Waals surface area contributed by atoms with E-state index in [2.05, 4.69) is 27.2 Å². The Balaban J connectivity index is 2.15. The zero-order valence-electron chi connectivity index (χ0n) is 16.5. The van der Waals surface area contributed by atoms with Crippen LogP contribution in [0.3, 0.4) is 0 Å². The van der Waals surface area contributed by atoms with E-state index in [1.807, 2.05) is 11.8 Å². The average Bonchev–Trinajstić information content (AvgIpc) is 2.65. The van der Waals surface area contributed by atoms with Gasteiger partial charge in [0.25, 0.3) is 0 Å². The van der Waals surface area contributed by atoms with Crippen LogP contribution in [0.1, 0.15) is 19.4 Å². The fourth-order valence-corrected chi connectivity index (χ4v) is 3.31. The van der Waals surface area contributed by atoms with Crippen LogP contribution < -0.4 is 15.5 Å². The van der Waals surface area contributed by atoms with E-state index in [1.165, 1.54) is 18.3 Å². The molecule has 0 saturated carbocycles. The molecule has 0 bridgehead atoms. The lowest BCUT2D eigenvalue weighted by Gasteiger charge is -2.33. The lowest BCUT2D eigenvalue weighted by atomic mass is 9.98. The number of anilines is 2. The monoisotopic (exact) mass is 423 g/mol. The fourth-order valence-electron chi connectivity index (χ4n) is 3.31. The number of nitrogens with one attached hydrogen (secondary N) is 2. The number of pyridine rings is 2. The van der Waals surface area contributed by atoms with Gasteiger partial charge in [-0.05, 0) is 13.0 Å². The molecule has 2 aromatic heterocycles. The van der Waals surface area contributed by atoms with E-state index in [1.54, 1.807) is 0 Å². The van der Waals surface area contributed by atoms with Crippen molar-refractivity contribution in [3.8, 4) is 11.3 Å². The summed E-state index contributed by atoms with van der Waals surface area (Å²) in [6, 6.07) is 3.74. The van der Waals surface area contributed by atoms with Crippen molar-refractivity contribution in [1.82, 2.24) is 15.3 Å². The van der Waals surface area contributed by atoms with Crippen molar-refractivity contribution in [1.29, 1.82) is 0 Å². The van der Waals surface area contributed by atoms with E-state index in [-0.39, 0.29) is 23.1 Å². The van der Waals surface area contributed by atoms with Crippen molar-refractivity contribution in [3.05, 3.63) is 42.4 Å². The van der Waals surface area contributed by atoms with Crippen LogP contribution in [0.5, 0.6) is 0 Å². The van der Waals surface area contributed by atoms with Crippen LogP contribution >= 0.6 is 0 Å². The van der Waals surface area contributed by atoms with Gasteiger partial charge in [-0.2, -0.15) is 13.2 Å². The standard InChI is InChI=1S/C20H21F4N5O/c1-11-10-29(7-6-25-11)17-9-14(21)8-16(28-17)15-4-5-26-19(27-13(3)30)18(15)12(2)20(22,23)24/h4-5,8-9,11,25H,2,6-7,10H2,1,3H3,(H,26,27,30)/t11-/m0/s1. The van der Waals surface area contributed by atoms with Gasteiger partial charge in [0.2, 0.25) is 5.91 Å². The number of nitrogens with zero attached hydrogens (tertiary/aromatic N) is 3. The smallest absolute Gasteiger partial charge is 0.354 e. The quantitative estimate of drug-likeness (QED) is 0.736. The number of hydrogen-bond donors (Lipinski definition) is 2. The molecule has 1 atom stereocenters. The van der Waals surface area contributed by atoms with Crippen molar-refractivity contribution >= 4 is 23.1 Å². The number of amides is 1. The summed E-state index contributed by atoms with van der Waals surface area (Å²) in [5.41, 5.74) is -1.69. The number of carbonyl (C=O) groups is 1. The minimum atomic E-state index is -4.78. The molecule has 2 N–H and O–H groups in total. The number of aromatic nitrogens is 2. The Morgan fingerprint density at radius 2 is 2.10 bits per heavy atom. The van der Waals surface area contributed by atoms with Crippen molar-refractivity contribution in [2.75, 3.05) is 29.9 Å². The molecule has 160 valence electrons. The van der Waals surface area contributed by atoms with Gasteiger partial charge in [-0.15, -0.1) is 0 Å². The number of alkyl halides is 3. The van der Waals surface area contributed by atoms with Crippen molar-refractivity contribution in [2.45, 2.75) is 26.1 Å². The Bertz CT molecular complexity index is 976. The molecule has 3 heterocycles. The number of rotatable bonds is 4. The van der Waals surface area contributed by atoms with Gasteiger partial charge in [-0.25, -0.2) is 14.4 Å². The van der Waals surface area contributed by atoms with Gasteiger partial charge in [-0.1, -0.05) is 6.58 Å². The third kappa shape index (κ3) is 4.76. The Kier molecular flexibility index (Phi) is 6.06. The summed E-state index contributed by atoms with van der Waals surface area (Å²) in [6.45, 7) is 8.09. The van der Waals surface area contributed by atoms with Gasteiger partial charge in [0.15, 0.2) is 0 Å².